The topological polar surface area (TPSA) is 76.1 Å². The summed E-state index contributed by atoms with van der Waals surface area (Å²) in [6.45, 7) is 1.87. The van der Waals surface area contributed by atoms with E-state index in [0.29, 0.717) is 22.7 Å². The van der Waals surface area contributed by atoms with Crippen LogP contribution in [0.2, 0.25) is 0 Å². The highest BCUT2D eigenvalue weighted by molar-refractivity contribution is 7.10. The third-order valence-electron chi connectivity index (χ3n) is 5.36. The van der Waals surface area contributed by atoms with Crippen molar-refractivity contribution in [2.75, 3.05) is 19.1 Å². The second-order valence-electron chi connectivity index (χ2n) is 7.18. The first-order valence-electron chi connectivity index (χ1n) is 9.70. The minimum atomic E-state index is -0.853. The molecular weight excluding hydrogens is 433 g/mol. The van der Waals surface area contributed by atoms with E-state index in [2.05, 4.69) is 0 Å². The number of rotatable bonds is 5. The Hall–Kier alpha value is -3.65. The standard InChI is InChI=1S/C24H20FNO5S/c1-13-10-11-32-23(13)20-19(21(27)14-4-9-17(30-2)18(12-14)31-3)22(28)24(29)26(20)16-7-5-15(25)6-8-16/h4-12,20,27H,1-3H3/b21-19-. The number of halogens is 1. The Morgan fingerprint density at radius 2 is 1.72 bits per heavy atom. The van der Waals surface area contributed by atoms with Gasteiger partial charge in [-0.1, -0.05) is 0 Å². The summed E-state index contributed by atoms with van der Waals surface area (Å²) in [6, 6.07) is 11.1. The van der Waals surface area contributed by atoms with E-state index in [4.69, 9.17) is 9.47 Å². The Labute approximate surface area is 188 Å². The van der Waals surface area contributed by atoms with Crippen molar-refractivity contribution in [1.82, 2.24) is 0 Å². The number of nitrogens with zero attached hydrogens (tertiary/aromatic N) is 1. The summed E-state index contributed by atoms with van der Waals surface area (Å²) in [6.07, 6.45) is 0. The fraction of sp³-hybridized carbons (Fsp3) is 0.167. The second-order valence-corrected chi connectivity index (χ2v) is 8.13. The molecule has 1 saturated heterocycles. The van der Waals surface area contributed by atoms with E-state index in [1.54, 1.807) is 12.1 Å². The highest BCUT2D eigenvalue weighted by Gasteiger charge is 2.48. The summed E-state index contributed by atoms with van der Waals surface area (Å²) in [7, 11) is 2.95. The van der Waals surface area contributed by atoms with Crippen LogP contribution in [-0.4, -0.2) is 31.0 Å². The zero-order valence-electron chi connectivity index (χ0n) is 17.6. The first-order chi connectivity index (χ1) is 15.4. The number of hydrogen-bond donors (Lipinski definition) is 1. The van der Waals surface area contributed by atoms with Gasteiger partial charge in [-0.3, -0.25) is 14.5 Å². The molecular formula is C24H20FNO5S. The van der Waals surface area contributed by atoms with E-state index in [-0.39, 0.29) is 11.3 Å². The molecule has 1 aliphatic rings. The number of amides is 1. The molecule has 1 N–H and O–H groups in total. The van der Waals surface area contributed by atoms with E-state index in [0.717, 1.165) is 10.4 Å². The molecule has 1 amide bonds. The number of aliphatic hydroxyl groups is 1. The largest absolute Gasteiger partial charge is 0.507 e. The molecule has 0 aliphatic carbocycles. The maximum absolute atomic E-state index is 13.5. The summed E-state index contributed by atoms with van der Waals surface area (Å²) in [4.78, 5) is 28.2. The first-order valence-corrected chi connectivity index (χ1v) is 10.6. The molecule has 0 bridgehead atoms. The molecule has 32 heavy (non-hydrogen) atoms. The first kappa shape index (κ1) is 21.6. The van der Waals surface area contributed by atoms with Crippen molar-refractivity contribution >= 4 is 34.5 Å². The van der Waals surface area contributed by atoms with Crippen molar-refractivity contribution in [3.05, 3.63) is 81.3 Å². The van der Waals surface area contributed by atoms with Crippen molar-refractivity contribution < 1.29 is 28.6 Å². The second kappa shape index (κ2) is 8.47. The van der Waals surface area contributed by atoms with Gasteiger partial charge in [0.1, 0.15) is 17.6 Å². The van der Waals surface area contributed by atoms with Crippen molar-refractivity contribution in [2.45, 2.75) is 13.0 Å². The quantitative estimate of drug-likeness (QED) is 0.340. The fourth-order valence-corrected chi connectivity index (χ4v) is 4.78. The van der Waals surface area contributed by atoms with Crippen molar-refractivity contribution in [3.8, 4) is 11.5 Å². The van der Waals surface area contributed by atoms with Gasteiger partial charge in [-0.15, -0.1) is 11.3 Å². The number of hydrogen-bond acceptors (Lipinski definition) is 6. The third-order valence-corrected chi connectivity index (χ3v) is 6.43. The van der Waals surface area contributed by atoms with E-state index in [9.17, 15) is 19.1 Å². The number of carbonyl (C=O) groups excluding carboxylic acids is 2. The zero-order valence-corrected chi connectivity index (χ0v) is 18.4. The summed E-state index contributed by atoms with van der Waals surface area (Å²) in [5, 5.41) is 13.0. The molecule has 6 nitrogen and oxygen atoms in total. The summed E-state index contributed by atoms with van der Waals surface area (Å²) in [5.74, 6) is -1.57. The fourth-order valence-electron chi connectivity index (χ4n) is 3.75. The van der Waals surface area contributed by atoms with Gasteiger partial charge in [0.25, 0.3) is 11.7 Å². The molecule has 164 valence electrons. The molecule has 1 aliphatic heterocycles. The number of carbonyl (C=O) groups is 2. The molecule has 4 rings (SSSR count). The number of ether oxygens (including phenoxy) is 2. The van der Waals surface area contributed by atoms with Gasteiger partial charge in [0, 0.05) is 16.1 Å². The molecule has 1 atom stereocenters. The zero-order chi connectivity index (χ0) is 23.0. The van der Waals surface area contributed by atoms with E-state index in [1.165, 1.54) is 60.8 Å². The minimum absolute atomic E-state index is 0.0444. The van der Waals surface area contributed by atoms with Crippen LogP contribution in [0.4, 0.5) is 10.1 Å². The Balaban J connectivity index is 1.93. The average Bonchev–Trinajstić information content (AvgIpc) is 3.33. The minimum Gasteiger partial charge on any atom is -0.507 e. The van der Waals surface area contributed by atoms with E-state index in [1.807, 2.05) is 18.4 Å². The third kappa shape index (κ3) is 3.52. The van der Waals surface area contributed by atoms with Crippen LogP contribution in [0, 0.1) is 12.7 Å². The number of thiophene rings is 1. The number of aryl methyl sites for hydroxylation is 1. The Kier molecular flexibility index (Phi) is 5.71. The summed E-state index contributed by atoms with van der Waals surface area (Å²) < 4.78 is 24.0. The normalized spacial score (nSPS) is 17.6. The Morgan fingerprint density at radius 1 is 1.03 bits per heavy atom. The van der Waals surface area contributed by atoms with Crippen LogP contribution in [-0.2, 0) is 9.59 Å². The number of methoxy groups -OCH3 is 2. The van der Waals surface area contributed by atoms with Crippen LogP contribution in [0.5, 0.6) is 11.5 Å². The SMILES string of the molecule is COc1ccc(/C(O)=C2/C(=O)C(=O)N(c3ccc(F)cc3)C2c2sccc2C)cc1OC. The van der Waals surface area contributed by atoms with Crippen LogP contribution in [0.1, 0.15) is 22.0 Å². The van der Waals surface area contributed by atoms with E-state index < -0.39 is 23.5 Å². The predicted octanol–water partition coefficient (Wildman–Crippen LogP) is 4.84. The molecule has 1 fully saturated rings. The molecule has 0 spiro atoms. The average molecular weight is 453 g/mol. The van der Waals surface area contributed by atoms with Gasteiger partial charge in [0.05, 0.1) is 19.8 Å². The van der Waals surface area contributed by atoms with Crippen molar-refractivity contribution in [2.24, 2.45) is 0 Å². The lowest BCUT2D eigenvalue weighted by Crippen LogP contribution is -2.29. The van der Waals surface area contributed by atoms with Crippen LogP contribution < -0.4 is 14.4 Å². The molecule has 1 aromatic heterocycles. The van der Waals surface area contributed by atoms with Gasteiger partial charge in [-0.25, -0.2) is 4.39 Å². The number of ketones is 1. The molecule has 2 aromatic carbocycles. The Morgan fingerprint density at radius 3 is 2.31 bits per heavy atom. The number of benzene rings is 2. The van der Waals surface area contributed by atoms with Crippen LogP contribution >= 0.6 is 11.3 Å². The summed E-state index contributed by atoms with van der Waals surface area (Å²) in [5.41, 5.74) is 1.49. The van der Waals surface area contributed by atoms with Crippen LogP contribution in [0.3, 0.4) is 0 Å². The molecule has 0 saturated carbocycles. The van der Waals surface area contributed by atoms with Gasteiger partial charge in [0.2, 0.25) is 0 Å². The number of Topliss-reactive ketones (excluding diaryl/α,β-unsaturated/α-hetero) is 1. The smallest absolute Gasteiger partial charge is 0.300 e. The van der Waals surface area contributed by atoms with Gasteiger partial charge >= 0.3 is 0 Å². The van der Waals surface area contributed by atoms with Crippen molar-refractivity contribution in [1.29, 1.82) is 0 Å². The molecule has 1 unspecified atom stereocenters. The van der Waals surface area contributed by atoms with Gasteiger partial charge in [-0.2, -0.15) is 0 Å². The maximum Gasteiger partial charge on any atom is 0.300 e. The van der Waals surface area contributed by atoms with Gasteiger partial charge in [-0.05, 0) is 66.4 Å². The van der Waals surface area contributed by atoms with Gasteiger partial charge in [0.15, 0.2) is 11.5 Å². The lowest BCUT2D eigenvalue weighted by Gasteiger charge is -2.25. The Bertz CT molecular complexity index is 1230. The highest BCUT2D eigenvalue weighted by Crippen LogP contribution is 2.45. The molecule has 2 heterocycles. The monoisotopic (exact) mass is 453 g/mol. The molecule has 0 radical (unpaired) electrons. The van der Waals surface area contributed by atoms with Gasteiger partial charge < -0.3 is 14.6 Å². The lowest BCUT2D eigenvalue weighted by molar-refractivity contribution is -0.132. The maximum atomic E-state index is 13.5. The number of anilines is 1. The molecule has 8 heteroatoms. The molecule has 3 aromatic rings. The van der Waals surface area contributed by atoms with Crippen molar-refractivity contribution in [3.63, 3.8) is 0 Å². The van der Waals surface area contributed by atoms with Crippen LogP contribution in [0.25, 0.3) is 5.76 Å². The van der Waals surface area contributed by atoms with Crippen LogP contribution in [0.15, 0.2) is 59.5 Å². The lowest BCUT2D eigenvalue weighted by atomic mass is 9.98. The number of aliphatic hydroxyl groups excluding tert-OH is 1. The summed E-state index contributed by atoms with van der Waals surface area (Å²) >= 11 is 1.37. The van der Waals surface area contributed by atoms with E-state index >= 15 is 0 Å². The predicted molar refractivity (Wildman–Crippen MR) is 120 cm³/mol. The highest BCUT2D eigenvalue weighted by atomic mass is 32.1.